The Bertz CT molecular complexity index is 765. The predicted octanol–water partition coefficient (Wildman–Crippen LogP) is 5.44. The van der Waals surface area contributed by atoms with Gasteiger partial charge in [-0.05, 0) is 28.1 Å². The minimum absolute atomic E-state index is 0.0363. The lowest BCUT2D eigenvalue weighted by Gasteiger charge is -2.32. The van der Waals surface area contributed by atoms with Gasteiger partial charge in [0.1, 0.15) is 0 Å². The Labute approximate surface area is 141 Å². The largest absolute Gasteiger partial charge is 0.256 e. The first kappa shape index (κ1) is 13.1. The van der Waals surface area contributed by atoms with E-state index in [9.17, 15) is 0 Å². The SMILES string of the molecule is [2H]c1cc(-c2cc(C(C)C(C)(C)C)c([Si](C)(C)C)cn2)cc([2H])c1[2H]. The Morgan fingerprint density at radius 2 is 1.68 bits per heavy atom. The van der Waals surface area contributed by atoms with Crippen LogP contribution in [0.2, 0.25) is 19.6 Å². The molecule has 1 aromatic carbocycles. The molecule has 0 spiro atoms. The topological polar surface area (TPSA) is 12.9 Å². The Kier molecular flexibility index (Phi) is 3.56. The van der Waals surface area contributed by atoms with Crippen LogP contribution >= 0.6 is 0 Å². The van der Waals surface area contributed by atoms with Gasteiger partial charge in [0, 0.05) is 11.8 Å². The van der Waals surface area contributed by atoms with Crippen molar-refractivity contribution < 1.29 is 4.11 Å². The smallest absolute Gasteiger partial charge is 0.0799 e. The van der Waals surface area contributed by atoms with Crippen LogP contribution in [0.15, 0.2) is 42.5 Å². The quantitative estimate of drug-likeness (QED) is 0.687. The lowest BCUT2D eigenvalue weighted by atomic mass is 9.78. The van der Waals surface area contributed by atoms with E-state index in [-0.39, 0.29) is 23.5 Å². The molecule has 0 aliphatic carbocycles. The molecule has 0 saturated carbocycles. The molecule has 0 amide bonds. The molecule has 0 saturated heterocycles. The van der Waals surface area contributed by atoms with Crippen molar-refractivity contribution in [3.8, 4) is 11.3 Å². The van der Waals surface area contributed by atoms with Crippen LogP contribution in [0, 0.1) is 5.41 Å². The molecule has 2 aromatic rings. The maximum absolute atomic E-state index is 7.90. The highest BCUT2D eigenvalue weighted by Gasteiger charge is 2.29. The standard InChI is InChI=1S/C20H29NSi/c1-15(20(2,3)4)17-13-18(16-11-9-8-10-12-16)21-14-19(17)22(5,6)7/h8-15H,1-7H3/i8D,9D,10D. The number of hydrogen-bond acceptors (Lipinski definition) is 1. The third-order valence-electron chi connectivity index (χ3n) is 4.40. The van der Waals surface area contributed by atoms with Crippen molar-refractivity contribution in [1.29, 1.82) is 0 Å². The fourth-order valence-electron chi connectivity index (χ4n) is 2.54. The van der Waals surface area contributed by atoms with Crippen molar-refractivity contribution >= 4 is 13.3 Å². The van der Waals surface area contributed by atoms with Gasteiger partial charge in [-0.3, -0.25) is 4.98 Å². The van der Waals surface area contributed by atoms with E-state index in [0.29, 0.717) is 5.92 Å². The first-order chi connectivity index (χ1) is 11.3. The highest BCUT2D eigenvalue weighted by Crippen LogP contribution is 2.35. The van der Waals surface area contributed by atoms with E-state index in [1.165, 1.54) is 10.8 Å². The van der Waals surface area contributed by atoms with Gasteiger partial charge in [-0.15, -0.1) is 0 Å². The lowest BCUT2D eigenvalue weighted by molar-refractivity contribution is 0.340. The van der Waals surface area contributed by atoms with Crippen molar-refractivity contribution in [3.63, 3.8) is 0 Å². The number of aromatic nitrogens is 1. The molecular formula is C20H29NSi. The van der Waals surface area contributed by atoms with E-state index in [4.69, 9.17) is 4.11 Å². The number of pyridine rings is 1. The molecule has 2 heteroatoms. The Morgan fingerprint density at radius 3 is 2.18 bits per heavy atom. The van der Waals surface area contributed by atoms with Gasteiger partial charge in [0.25, 0.3) is 0 Å². The molecule has 22 heavy (non-hydrogen) atoms. The van der Waals surface area contributed by atoms with Gasteiger partial charge < -0.3 is 0 Å². The number of benzene rings is 1. The van der Waals surface area contributed by atoms with Crippen molar-refractivity contribution in [2.75, 3.05) is 0 Å². The van der Waals surface area contributed by atoms with Crippen LogP contribution in [0.1, 0.15) is 43.3 Å². The second-order valence-electron chi connectivity index (χ2n) is 8.15. The van der Waals surface area contributed by atoms with Gasteiger partial charge in [-0.1, -0.05) is 77.6 Å². The van der Waals surface area contributed by atoms with Crippen molar-refractivity contribution in [1.82, 2.24) is 4.98 Å². The third-order valence-corrected chi connectivity index (χ3v) is 6.44. The van der Waals surface area contributed by atoms with Gasteiger partial charge in [-0.2, -0.15) is 0 Å². The third kappa shape index (κ3) is 3.67. The van der Waals surface area contributed by atoms with Crippen LogP contribution in [0.5, 0.6) is 0 Å². The highest BCUT2D eigenvalue weighted by atomic mass is 28.3. The summed E-state index contributed by atoms with van der Waals surface area (Å²) in [6.45, 7) is 16.0. The average Bonchev–Trinajstić information content (AvgIpc) is 2.49. The highest BCUT2D eigenvalue weighted by molar-refractivity contribution is 6.89. The summed E-state index contributed by atoms with van der Waals surface area (Å²) in [6, 6.07) is 5.53. The molecular weight excluding hydrogens is 282 g/mol. The maximum atomic E-state index is 7.90. The predicted molar refractivity (Wildman–Crippen MR) is 101 cm³/mol. The molecule has 0 N–H and O–H groups in total. The van der Waals surface area contributed by atoms with Crippen LogP contribution in [0.3, 0.4) is 0 Å². The second-order valence-corrected chi connectivity index (χ2v) is 13.2. The van der Waals surface area contributed by atoms with Crippen LogP contribution in [0.4, 0.5) is 0 Å². The molecule has 1 nitrogen and oxygen atoms in total. The summed E-state index contributed by atoms with van der Waals surface area (Å²) >= 11 is 0. The maximum Gasteiger partial charge on any atom is 0.0799 e. The van der Waals surface area contributed by atoms with Gasteiger partial charge in [-0.25, -0.2) is 0 Å². The van der Waals surface area contributed by atoms with Crippen LogP contribution in [0.25, 0.3) is 11.3 Å². The Morgan fingerprint density at radius 1 is 1.09 bits per heavy atom. The first-order valence-electron chi connectivity index (χ1n) is 9.41. The molecule has 1 heterocycles. The zero-order chi connectivity index (χ0) is 19.2. The Hall–Kier alpha value is -1.41. The van der Waals surface area contributed by atoms with Crippen molar-refractivity contribution in [2.24, 2.45) is 5.41 Å². The molecule has 2 rings (SSSR count). The van der Waals surface area contributed by atoms with Crippen LogP contribution in [-0.2, 0) is 0 Å². The second kappa shape index (κ2) is 6.00. The molecule has 0 aliphatic rings. The zero-order valence-corrected chi connectivity index (χ0v) is 15.8. The monoisotopic (exact) mass is 314 g/mol. The summed E-state index contributed by atoms with van der Waals surface area (Å²) in [5, 5.41) is 1.37. The number of nitrogens with zero attached hydrogens (tertiary/aromatic N) is 1. The summed E-state index contributed by atoms with van der Waals surface area (Å²) in [7, 11) is -1.54. The van der Waals surface area contributed by atoms with E-state index in [1.54, 1.807) is 12.1 Å². The molecule has 0 bridgehead atoms. The summed E-state index contributed by atoms with van der Waals surface area (Å²) in [4.78, 5) is 4.66. The van der Waals surface area contributed by atoms with Gasteiger partial charge in [0.05, 0.1) is 17.9 Å². The summed E-state index contributed by atoms with van der Waals surface area (Å²) < 4.78 is 23.5. The van der Waals surface area contributed by atoms with Crippen molar-refractivity contribution in [2.45, 2.75) is 53.3 Å². The minimum atomic E-state index is -1.54. The molecule has 1 atom stereocenters. The molecule has 0 aliphatic heterocycles. The molecule has 118 valence electrons. The number of hydrogen-bond donors (Lipinski definition) is 0. The number of rotatable bonds is 3. The summed E-state index contributed by atoms with van der Waals surface area (Å²) in [6.07, 6.45) is 2.00. The molecule has 1 aromatic heterocycles. The van der Waals surface area contributed by atoms with E-state index in [2.05, 4.69) is 58.4 Å². The molecule has 0 fully saturated rings. The average molecular weight is 315 g/mol. The van der Waals surface area contributed by atoms with Gasteiger partial charge in [0.2, 0.25) is 0 Å². The zero-order valence-electron chi connectivity index (χ0n) is 17.8. The first-order valence-corrected chi connectivity index (χ1v) is 11.4. The summed E-state index contributed by atoms with van der Waals surface area (Å²) in [5.74, 6) is 0.373. The molecule has 1 unspecified atom stereocenters. The van der Waals surface area contributed by atoms with Crippen LogP contribution < -0.4 is 5.19 Å². The van der Waals surface area contributed by atoms with E-state index in [0.717, 1.165) is 11.3 Å². The summed E-state index contributed by atoms with van der Waals surface area (Å²) in [5.41, 5.74) is 2.99. The fourth-order valence-corrected chi connectivity index (χ4v) is 4.15. The minimum Gasteiger partial charge on any atom is -0.256 e. The Balaban J connectivity index is 2.67. The fraction of sp³-hybridized carbons (Fsp3) is 0.450. The normalized spacial score (nSPS) is 15.9. The van der Waals surface area contributed by atoms with Crippen molar-refractivity contribution in [3.05, 3.63) is 48.1 Å². The van der Waals surface area contributed by atoms with E-state index >= 15 is 0 Å². The van der Waals surface area contributed by atoms with Gasteiger partial charge >= 0.3 is 0 Å². The van der Waals surface area contributed by atoms with E-state index in [1.807, 2.05) is 6.20 Å². The molecule has 0 radical (unpaired) electrons. The lowest BCUT2D eigenvalue weighted by Crippen LogP contribution is -2.42. The van der Waals surface area contributed by atoms with Crippen LogP contribution in [-0.4, -0.2) is 13.1 Å². The van der Waals surface area contributed by atoms with E-state index < -0.39 is 8.07 Å². The van der Waals surface area contributed by atoms with Gasteiger partial charge in [0.15, 0.2) is 0 Å².